The standard InChI is InChI=1S/C17H23F3N2O4S/c1-22(2)27(24,25)15-10-13(7-8-14(15)26-3)21-16(23)11-5-4-6-12(9-11)17(18,19)20/h7-8,10-12H,4-6,9H2,1-3H3,(H,21,23)/t11-,12+/m1/s1. The van der Waals surface area contributed by atoms with Crippen molar-refractivity contribution in [1.29, 1.82) is 0 Å². The maximum atomic E-state index is 12.9. The quantitative estimate of drug-likeness (QED) is 0.812. The fraction of sp³-hybridized carbons (Fsp3) is 0.588. The van der Waals surface area contributed by atoms with Crippen LogP contribution in [-0.2, 0) is 14.8 Å². The fourth-order valence-electron chi connectivity index (χ4n) is 3.12. The Bertz CT molecular complexity index is 794. The molecule has 10 heteroatoms. The van der Waals surface area contributed by atoms with E-state index >= 15 is 0 Å². The summed E-state index contributed by atoms with van der Waals surface area (Å²) in [6, 6.07) is 4.09. The maximum absolute atomic E-state index is 12.9. The van der Waals surface area contributed by atoms with E-state index in [0.29, 0.717) is 12.8 Å². The van der Waals surface area contributed by atoms with E-state index in [2.05, 4.69) is 5.32 Å². The number of amides is 1. The van der Waals surface area contributed by atoms with Crippen LogP contribution in [0.2, 0.25) is 0 Å². The number of sulfonamides is 1. The lowest BCUT2D eigenvalue weighted by molar-refractivity contribution is -0.185. The van der Waals surface area contributed by atoms with E-state index in [-0.39, 0.29) is 29.2 Å². The smallest absolute Gasteiger partial charge is 0.391 e. The predicted molar refractivity (Wildman–Crippen MR) is 94.0 cm³/mol. The summed E-state index contributed by atoms with van der Waals surface area (Å²) in [6.45, 7) is 0. The molecule has 6 nitrogen and oxygen atoms in total. The average molecular weight is 408 g/mol. The largest absolute Gasteiger partial charge is 0.495 e. The molecule has 2 atom stereocenters. The second-order valence-corrected chi connectivity index (χ2v) is 8.86. The second-order valence-electron chi connectivity index (χ2n) is 6.74. The van der Waals surface area contributed by atoms with E-state index in [1.54, 1.807) is 0 Å². The van der Waals surface area contributed by atoms with Crippen LogP contribution in [0, 0.1) is 11.8 Å². The summed E-state index contributed by atoms with van der Waals surface area (Å²) in [5.41, 5.74) is 0.190. The Balaban J connectivity index is 2.21. The summed E-state index contributed by atoms with van der Waals surface area (Å²) in [6.07, 6.45) is -3.84. The van der Waals surface area contributed by atoms with Crippen LogP contribution in [0.1, 0.15) is 25.7 Å². The highest BCUT2D eigenvalue weighted by Gasteiger charge is 2.43. The van der Waals surface area contributed by atoms with Gasteiger partial charge in [-0.15, -0.1) is 0 Å². The number of hydrogen-bond donors (Lipinski definition) is 1. The summed E-state index contributed by atoms with van der Waals surface area (Å²) in [7, 11) is 0.219. The zero-order valence-electron chi connectivity index (χ0n) is 15.3. The molecular formula is C17H23F3N2O4S. The van der Waals surface area contributed by atoms with Gasteiger partial charge in [0.1, 0.15) is 10.6 Å². The SMILES string of the molecule is COc1ccc(NC(=O)[C@@H]2CCC[C@H](C(F)(F)F)C2)cc1S(=O)(=O)N(C)C. The molecule has 0 bridgehead atoms. The van der Waals surface area contributed by atoms with Crippen molar-refractivity contribution in [2.45, 2.75) is 36.8 Å². The van der Waals surface area contributed by atoms with Crippen LogP contribution in [-0.4, -0.2) is 46.0 Å². The third kappa shape index (κ3) is 4.92. The van der Waals surface area contributed by atoms with Gasteiger partial charge in [0.25, 0.3) is 0 Å². The van der Waals surface area contributed by atoms with Crippen LogP contribution in [0.4, 0.5) is 18.9 Å². The Morgan fingerprint density at radius 3 is 2.48 bits per heavy atom. The Labute approximate surface area is 156 Å². The molecule has 1 aliphatic rings. The minimum atomic E-state index is -4.31. The van der Waals surface area contributed by atoms with Crippen molar-refractivity contribution < 1.29 is 31.1 Å². The van der Waals surface area contributed by atoms with Gasteiger partial charge in [0, 0.05) is 25.7 Å². The molecule has 0 aliphatic heterocycles. The highest BCUT2D eigenvalue weighted by Crippen LogP contribution is 2.40. The molecule has 0 unspecified atom stereocenters. The van der Waals surface area contributed by atoms with E-state index in [1.165, 1.54) is 39.4 Å². The molecule has 27 heavy (non-hydrogen) atoms. The first-order valence-electron chi connectivity index (χ1n) is 8.45. The molecule has 1 saturated carbocycles. The molecule has 0 aromatic heterocycles. The summed E-state index contributed by atoms with van der Waals surface area (Å²) in [4.78, 5) is 12.3. The van der Waals surface area contributed by atoms with Crippen molar-refractivity contribution in [3.8, 4) is 5.75 Å². The zero-order chi connectivity index (χ0) is 20.4. The number of nitrogens with one attached hydrogen (secondary N) is 1. The number of nitrogens with zero attached hydrogens (tertiary/aromatic N) is 1. The van der Waals surface area contributed by atoms with Gasteiger partial charge in [0.2, 0.25) is 15.9 Å². The number of anilines is 1. The molecule has 0 radical (unpaired) electrons. The summed E-state index contributed by atoms with van der Waals surface area (Å²) in [5, 5.41) is 2.54. The number of hydrogen-bond acceptors (Lipinski definition) is 4. The predicted octanol–water partition coefficient (Wildman–Crippen LogP) is 3.25. The molecular weight excluding hydrogens is 385 g/mol. The van der Waals surface area contributed by atoms with Crippen molar-refractivity contribution in [3.05, 3.63) is 18.2 Å². The van der Waals surface area contributed by atoms with Crippen LogP contribution in [0.3, 0.4) is 0 Å². The topological polar surface area (TPSA) is 75.7 Å². The fourth-order valence-corrected chi connectivity index (χ4v) is 4.20. The Morgan fingerprint density at radius 1 is 1.26 bits per heavy atom. The van der Waals surface area contributed by atoms with Crippen LogP contribution in [0.15, 0.2) is 23.1 Å². The lowest BCUT2D eigenvalue weighted by Gasteiger charge is -2.29. The first kappa shape index (κ1) is 21.5. The van der Waals surface area contributed by atoms with Crippen LogP contribution >= 0.6 is 0 Å². The number of carbonyl (C=O) groups excluding carboxylic acids is 1. The third-order valence-corrected chi connectivity index (χ3v) is 6.53. The van der Waals surface area contributed by atoms with Gasteiger partial charge in [-0.1, -0.05) is 6.42 Å². The van der Waals surface area contributed by atoms with Gasteiger partial charge in [-0.05, 0) is 37.5 Å². The lowest BCUT2D eigenvalue weighted by atomic mass is 9.80. The van der Waals surface area contributed by atoms with Gasteiger partial charge in [-0.2, -0.15) is 13.2 Å². The molecule has 1 aromatic carbocycles. The molecule has 1 amide bonds. The highest BCUT2D eigenvalue weighted by atomic mass is 32.2. The van der Waals surface area contributed by atoms with Gasteiger partial charge in [-0.25, -0.2) is 12.7 Å². The van der Waals surface area contributed by atoms with E-state index in [9.17, 15) is 26.4 Å². The minimum absolute atomic E-state index is 0.0288. The number of alkyl halides is 3. The van der Waals surface area contributed by atoms with Crippen LogP contribution in [0.25, 0.3) is 0 Å². The van der Waals surface area contributed by atoms with Crippen molar-refractivity contribution in [1.82, 2.24) is 4.31 Å². The molecule has 0 spiro atoms. The number of halogens is 3. The first-order valence-corrected chi connectivity index (χ1v) is 9.89. The summed E-state index contributed by atoms with van der Waals surface area (Å²) < 4.78 is 69.7. The van der Waals surface area contributed by atoms with Gasteiger partial charge >= 0.3 is 6.18 Å². The monoisotopic (exact) mass is 408 g/mol. The number of rotatable bonds is 5. The molecule has 152 valence electrons. The Morgan fingerprint density at radius 2 is 1.93 bits per heavy atom. The molecule has 1 aliphatic carbocycles. The zero-order valence-corrected chi connectivity index (χ0v) is 16.2. The van der Waals surface area contributed by atoms with E-state index in [4.69, 9.17) is 4.74 Å². The summed E-state index contributed by atoms with van der Waals surface area (Å²) in [5.74, 6) is -2.68. The Kier molecular flexibility index (Phi) is 6.41. The van der Waals surface area contributed by atoms with Gasteiger partial charge in [0.05, 0.1) is 13.0 Å². The molecule has 1 aromatic rings. The van der Waals surface area contributed by atoms with Crippen molar-refractivity contribution in [3.63, 3.8) is 0 Å². The van der Waals surface area contributed by atoms with E-state index in [0.717, 1.165) is 4.31 Å². The molecule has 0 saturated heterocycles. The maximum Gasteiger partial charge on any atom is 0.391 e. The van der Waals surface area contributed by atoms with E-state index in [1.807, 2.05) is 0 Å². The lowest BCUT2D eigenvalue weighted by Crippen LogP contribution is -2.34. The molecule has 2 rings (SSSR count). The van der Waals surface area contributed by atoms with Crippen molar-refractivity contribution >= 4 is 21.6 Å². The number of carbonyl (C=O) groups is 1. The number of benzene rings is 1. The van der Waals surface area contributed by atoms with E-state index < -0.39 is 33.9 Å². The minimum Gasteiger partial charge on any atom is -0.495 e. The molecule has 1 fully saturated rings. The Hall–Kier alpha value is -1.81. The number of ether oxygens (including phenoxy) is 1. The molecule has 1 N–H and O–H groups in total. The first-order chi connectivity index (χ1) is 12.5. The second kappa shape index (κ2) is 8.05. The van der Waals surface area contributed by atoms with Crippen LogP contribution in [0.5, 0.6) is 5.75 Å². The van der Waals surface area contributed by atoms with Crippen molar-refractivity contribution in [2.24, 2.45) is 11.8 Å². The summed E-state index contributed by atoms with van der Waals surface area (Å²) >= 11 is 0. The van der Waals surface area contributed by atoms with Crippen molar-refractivity contribution in [2.75, 3.05) is 26.5 Å². The third-order valence-electron chi connectivity index (χ3n) is 4.70. The normalized spacial score (nSPS) is 21.1. The van der Waals surface area contributed by atoms with Gasteiger partial charge in [0.15, 0.2) is 0 Å². The molecule has 0 heterocycles. The van der Waals surface area contributed by atoms with Gasteiger partial charge < -0.3 is 10.1 Å². The number of methoxy groups -OCH3 is 1. The van der Waals surface area contributed by atoms with Crippen LogP contribution < -0.4 is 10.1 Å². The average Bonchev–Trinajstić information content (AvgIpc) is 2.60. The van der Waals surface area contributed by atoms with Gasteiger partial charge in [-0.3, -0.25) is 4.79 Å². The highest BCUT2D eigenvalue weighted by molar-refractivity contribution is 7.89.